The molecule has 1 heterocycles. The predicted molar refractivity (Wildman–Crippen MR) is 133 cm³/mol. The molecule has 4 aromatic carbocycles. The number of hydrogen-bond acceptors (Lipinski definition) is 8. The molecule has 6 N–H and O–H groups in total. The van der Waals surface area contributed by atoms with E-state index >= 15 is 0 Å². The van der Waals surface area contributed by atoms with Crippen molar-refractivity contribution in [3.8, 4) is 34.5 Å². The predicted octanol–water partition coefficient (Wildman–Crippen LogP) is 4.07. The van der Waals surface area contributed by atoms with E-state index in [1.807, 2.05) is 0 Å². The van der Waals surface area contributed by atoms with Crippen molar-refractivity contribution in [1.29, 1.82) is 0 Å². The van der Waals surface area contributed by atoms with E-state index in [1.54, 1.807) is 24.3 Å². The molecule has 8 heteroatoms. The second-order valence-corrected chi connectivity index (χ2v) is 8.98. The van der Waals surface area contributed by atoms with Gasteiger partial charge in [0.25, 0.3) is 0 Å². The van der Waals surface area contributed by atoms with Crippen LogP contribution in [0, 0.1) is 0 Å². The second kappa shape index (κ2) is 9.40. The number of aliphatic hydroxyl groups excluding tert-OH is 1. The number of benzene rings is 4. The number of aliphatic hydroxyl groups is 1. The van der Waals surface area contributed by atoms with E-state index in [0.717, 1.165) is 0 Å². The molecular formula is C29H24O8. The Morgan fingerprint density at radius 3 is 1.59 bits per heavy atom. The Kier molecular flexibility index (Phi) is 6.11. The smallest absolute Gasteiger partial charge is 0.202 e. The van der Waals surface area contributed by atoms with Gasteiger partial charge in [-0.1, -0.05) is 36.4 Å². The normalized spacial score (nSPS) is 16.7. The highest BCUT2D eigenvalue weighted by Crippen LogP contribution is 2.49. The third-order valence-corrected chi connectivity index (χ3v) is 6.50. The Morgan fingerprint density at radius 1 is 0.622 bits per heavy atom. The van der Waals surface area contributed by atoms with E-state index in [2.05, 4.69) is 0 Å². The monoisotopic (exact) mass is 500 g/mol. The Labute approximate surface area is 211 Å². The number of phenolic OH excluding ortho intramolecular Hbond substituents is 5. The van der Waals surface area contributed by atoms with Crippen LogP contribution in [0.4, 0.5) is 0 Å². The van der Waals surface area contributed by atoms with E-state index < -0.39 is 23.7 Å². The van der Waals surface area contributed by atoms with Gasteiger partial charge in [-0.25, -0.2) is 0 Å². The fourth-order valence-electron chi connectivity index (χ4n) is 4.53. The topological polar surface area (TPSA) is 148 Å². The molecule has 37 heavy (non-hydrogen) atoms. The zero-order valence-electron chi connectivity index (χ0n) is 19.5. The van der Waals surface area contributed by atoms with Gasteiger partial charge in [-0.3, -0.25) is 4.79 Å². The molecule has 0 bridgehead atoms. The lowest BCUT2D eigenvalue weighted by Gasteiger charge is -2.33. The van der Waals surface area contributed by atoms with E-state index in [-0.39, 0.29) is 58.3 Å². The van der Waals surface area contributed by atoms with E-state index in [4.69, 9.17) is 4.74 Å². The maximum Gasteiger partial charge on any atom is 0.202 e. The van der Waals surface area contributed by atoms with E-state index in [9.17, 15) is 35.4 Å². The molecule has 0 amide bonds. The molecule has 0 unspecified atom stereocenters. The van der Waals surface area contributed by atoms with Crippen molar-refractivity contribution < 1.29 is 40.2 Å². The third-order valence-electron chi connectivity index (χ3n) is 6.50. The van der Waals surface area contributed by atoms with Crippen LogP contribution in [0.1, 0.15) is 44.3 Å². The van der Waals surface area contributed by atoms with Crippen LogP contribution in [0.15, 0.2) is 72.8 Å². The van der Waals surface area contributed by atoms with Crippen LogP contribution in [-0.2, 0) is 12.8 Å². The minimum absolute atomic E-state index is 0.00274. The summed E-state index contributed by atoms with van der Waals surface area (Å²) in [6, 6.07) is 18.3. The van der Waals surface area contributed by atoms with Gasteiger partial charge < -0.3 is 35.4 Å². The fraction of sp³-hybridized carbons (Fsp3) is 0.138. The Balaban J connectivity index is 1.67. The van der Waals surface area contributed by atoms with Gasteiger partial charge in [0.2, 0.25) is 5.78 Å². The molecule has 8 nitrogen and oxygen atoms in total. The van der Waals surface area contributed by atoms with Gasteiger partial charge in [-0.2, -0.15) is 0 Å². The first-order valence-corrected chi connectivity index (χ1v) is 11.6. The lowest BCUT2D eigenvalue weighted by Crippen LogP contribution is -2.37. The van der Waals surface area contributed by atoms with E-state index in [0.29, 0.717) is 16.7 Å². The molecule has 5 rings (SSSR count). The molecule has 0 fully saturated rings. The largest absolute Gasteiger partial charge is 0.508 e. The van der Waals surface area contributed by atoms with Crippen LogP contribution >= 0.6 is 0 Å². The van der Waals surface area contributed by atoms with Crippen molar-refractivity contribution in [3.63, 3.8) is 0 Å². The molecule has 0 saturated carbocycles. The number of ketones is 1. The first-order valence-electron chi connectivity index (χ1n) is 11.6. The molecular weight excluding hydrogens is 476 g/mol. The first-order chi connectivity index (χ1) is 17.7. The highest BCUT2D eigenvalue weighted by atomic mass is 16.5. The van der Waals surface area contributed by atoms with Crippen molar-refractivity contribution in [2.45, 2.75) is 25.0 Å². The van der Waals surface area contributed by atoms with Crippen molar-refractivity contribution >= 4 is 5.78 Å². The van der Waals surface area contributed by atoms with Gasteiger partial charge in [0.15, 0.2) is 12.2 Å². The number of phenols is 5. The Bertz CT molecular complexity index is 1460. The van der Waals surface area contributed by atoms with Crippen LogP contribution < -0.4 is 4.74 Å². The van der Waals surface area contributed by atoms with Gasteiger partial charge in [0.05, 0.1) is 0 Å². The van der Waals surface area contributed by atoms with Crippen LogP contribution in [-0.4, -0.2) is 42.5 Å². The molecule has 0 spiro atoms. The summed E-state index contributed by atoms with van der Waals surface area (Å²) in [5, 5.41) is 62.3. The number of carbonyl (C=O) groups is 1. The maximum absolute atomic E-state index is 13.4. The number of hydrogen-bond donors (Lipinski definition) is 6. The molecule has 0 radical (unpaired) electrons. The summed E-state index contributed by atoms with van der Waals surface area (Å²) in [5.41, 5.74) is 1.85. The number of aromatic hydroxyl groups is 5. The molecule has 4 aromatic rings. The van der Waals surface area contributed by atoms with Gasteiger partial charge in [0, 0.05) is 24.0 Å². The molecule has 1 aliphatic heterocycles. The lowest BCUT2D eigenvalue weighted by molar-refractivity contribution is 0.0206. The highest BCUT2D eigenvalue weighted by molar-refractivity contribution is 6.06. The third kappa shape index (κ3) is 4.50. The zero-order chi connectivity index (χ0) is 26.3. The molecule has 188 valence electrons. The average Bonchev–Trinajstić information content (AvgIpc) is 2.89. The van der Waals surface area contributed by atoms with E-state index in [1.165, 1.54) is 48.5 Å². The fourth-order valence-corrected chi connectivity index (χ4v) is 4.53. The van der Waals surface area contributed by atoms with Crippen molar-refractivity contribution in [1.82, 2.24) is 0 Å². The minimum Gasteiger partial charge on any atom is -0.508 e. The molecule has 0 saturated heterocycles. The Morgan fingerprint density at radius 2 is 1.08 bits per heavy atom. The quantitative estimate of drug-likeness (QED) is 0.240. The lowest BCUT2D eigenvalue weighted by atomic mass is 9.86. The number of fused-ring (bicyclic) bond motifs is 1. The molecule has 1 aliphatic rings. The first kappa shape index (κ1) is 24.0. The SMILES string of the molecule is O=C1c2c(O)c(Cc3ccc(O)cc3)c(O)c(Cc3ccc(O)cc3)c2O[C@H](c2ccc(O)cc2)[C@H]1O. The molecule has 0 aliphatic carbocycles. The van der Waals surface area contributed by atoms with Crippen molar-refractivity contribution in [2.24, 2.45) is 0 Å². The second-order valence-electron chi connectivity index (χ2n) is 8.98. The van der Waals surface area contributed by atoms with Crippen LogP contribution in [0.25, 0.3) is 0 Å². The maximum atomic E-state index is 13.4. The summed E-state index contributed by atoms with van der Waals surface area (Å²) in [5.74, 6) is -1.46. The van der Waals surface area contributed by atoms with Gasteiger partial charge in [-0.15, -0.1) is 0 Å². The van der Waals surface area contributed by atoms with Crippen molar-refractivity contribution in [3.05, 3.63) is 106 Å². The summed E-state index contributed by atoms with van der Waals surface area (Å²) in [6.07, 6.45) is -2.64. The summed E-state index contributed by atoms with van der Waals surface area (Å²) >= 11 is 0. The average molecular weight is 501 g/mol. The summed E-state index contributed by atoms with van der Waals surface area (Å²) in [7, 11) is 0. The van der Waals surface area contributed by atoms with Crippen molar-refractivity contribution in [2.75, 3.05) is 0 Å². The zero-order valence-corrected chi connectivity index (χ0v) is 19.5. The van der Waals surface area contributed by atoms with Crippen LogP contribution in [0.5, 0.6) is 34.5 Å². The standard InChI is InChI=1S/C29H24O8/c30-18-7-1-15(2-8-18)13-21-24(33)22(14-16-3-9-19(31)10-4-16)29-23(25(21)34)26(35)27(36)28(37-29)17-5-11-20(32)12-6-17/h1-12,27-28,30-34,36H,13-14H2/t27-,28+/m0/s1. The minimum atomic E-state index is -1.64. The Hall–Kier alpha value is -4.69. The van der Waals surface area contributed by atoms with Gasteiger partial charge in [-0.05, 0) is 53.1 Å². The number of Topliss-reactive ketones (excluding diaryl/α,β-unsaturated/α-hetero) is 1. The number of rotatable bonds is 5. The number of ether oxygens (including phenoxy) is 1. The van der Waals surface area contributed by atoms with Gasteiger partial charge >= 0.3 is 0 Å². The summed E-state index contributed by atoms with van der Waals surface area (Å²) in [6.45, 7) is 0. The number of carbonyl (C=O) groups excluding carboxylic acids is 1. The molecule has 2 atom stereocenters. The summed E-state index contributed by atoms with van der Waals surface area (Å²) in [4.78, 5) is 13.4. The van der Waals surface area contributed by atoms with Crippen LogP contribution in [0.2, 0.25) is 0 Å². The molecule has 0 aromatic heterocycles. The highest BCUT2D eigenvalue weighted by Gasteiger charge is 2.42. The summed E-state index contributed by atoms with van der Waals surface area (Å²) < 4.78 is 6.10. The van der Waals surface area contributed by atoms with Gasteiger partial charge in [0.1, 0.15) is 40.1 Å². The van der Waals surface area contributed by atoms with Crippen LogP contribution in [0.3, 0.4) is 0 Å².